The van der Waals surface area contributed by atoms with Crippen molar-refractivity contribution >= 4 is 29.0 Å². The molecule has 0 spiro atoms. The summed E-state index contributed by atoms with van der Waals surface area (Å²) in [6, 6.07) is 12.1. The van der Waals surface area contributed by atoms with Gasteiger partial charge in [0.2, 0.25) is 0 Å². The Bertz CT molecular complexity index is 646. The maximum Gasteiger partial charge on any atom is 0.193 e. The average Bonchev–Trinajstić information content (AvgIpc) is 3.26. The third-order valence-electron chi connectivity index (χ3n) is 3.13. The lowest BCUT2D eigenvalue weighted by Gasteiger charge is -2.06. The average molecular weight is 307 g/mol. The fourth-order valence-electron chi connectivity index (χ4n) is 1.87. The molecule has 2 nitrogen and oxygen atoms in total. The van der Waals surface area contributed by atoms with Gasteiger partial charge in [0.15, 0.2) is 5.78 Å². The van der Waals surface area contributed by atoms with Gasteiger partial charge in [-0.05, 0) is 55.3 Å². The zero-order valence-corrected chi connectivity index (χ0v) is 12.1. The van der Waals surface area contributed by atoms with Crippen LogP contribution in [-0.2, 0) is 0 Å². The second-order valence-corrected chi connectivity index (χ2v) is 5.61. The Balaban J connectivity index is 1.80. The first-order valence-corrected chi connectivity index (χ1v) is 7.15. The molecule has 2 aromatic carbocycles. The van der Waals surface area contributed by atoms with Gasteiger partial charge in [-0.25, -0.2) is 0 Å². The van der Waals surface area contributed by atoms with E-state index in [0.717, 1.165) is 18.6 Å². The van der Waals surface area contributed by atoms with E-state index in [9.17, 15) is 4.79 Å². The molecule has 0 radical (unpaired) electrons. The topological polar surface area (TPSA) is 26.3 Å². The maximum atomic E-state index is 12.3. The summed E-state index contributed by atoms with van der Waals surface area (Å²) in [5, 5.41) is 0.822. The molecular formula is C16H12Cl2O2. The van der Waals surface area contributed by atoms with Gasteiger partial charge in [-0.3, -0.25) is 4.79 Å². The second kappa shape index (κ2) is 5.47. The molecule has 102 valence electrons. The van der Waals surface area contributed by atoms with Crippen molar-refractivity contribution in [3.05, 3.63) is 63.6 Å². The molecular weight excluding hydrogens is 295 g/mol. The van der Waals surface area contributed by atoms with Crippen LogP contribution in [0.3, 0.4) is 0 Å². The van der Waals surface area contributed by atoms with E-state index in [2.05, 4.69) is 0 Å². The van der Waals surface area contributed by atoms with Gasteiger partial charge in [0.1, 0.15) is 5.75 Å². The summed E-state index contributed by atoms with van der Waals surface area (Å²) >= 11 is 11.8. The molecule has 0 aromatic heterocycles. The van der Waals surface area contributed by atoms with Crippen molar-refractivity contribution in [2.45, 2.75) is 18.9 Å². The lowest BCUT2D eigenvalue weighted by atomic mass is 10.0. The van der Waals surface area contributed by atoms with Crippen molar-refractivity contribution in [2.24, 2.45) is 0 Å². The fourth-order valence-corrected chi connectivity index (χ4v) is 2.17. The number of halogens is 2. The number of ether oxygens (including phenoxy) is 1. The van der Waals surface area contributed by atoms with Crippen LogP contribution < -0.4 is 4.74 Å². The third kappa shape index (κ3) is 2.97. The Morgan fingerprint density at radius 2 is 1.60 bits per heavy atom. The van der Waals surface area contributed by atoms with Gasteiger partial charge in [-0.15, -0.1) is 0 Å². The smallest absolute Gasteiger partial charge is 0.193 e. The Morgan fingerprint density at radius 1 is 0.950 bits per heavy atom. The van der Waals surface area contributed by atoms with Crippen molar-refractivity contribution in [2.75, 3.05) is 0 Å². The normalized spacial score (nSPS) is 14.1. The van der Waals surface area contributed by atoms with E-state index in [1.165, 1.54) is 0 Å². The van der Waals surface area contributed by atoms with Crippen LogP contribution in [-0.4, -0.2) is 11.9 Å². The Labute approximate surface area is 127 Å². The van der Waals surface area contributed by atoms with E-state index in [-0.39, 0.29) is 5.78 Å². The minimum absolute atomic E-state index is 0.0819. The quantitative estimate of drug-likeness (QED) is 0.761. The molecule has 0 aliphatic heterocycles. The predicted molar refractivity (Wildman–Crippen MR) is 80.0 cm³/mol. The van der Waals surface area contributed by atoms with Crippen LogP contribution in [0, 0.1) is 0 Å². The molecule has 0 unspecified atom stereocenters. The molecule has 4 heteroatoms. The van der Waals surface area contributed by atoms with Crippen LogP contribution in [0.15, 0.2) is 42.5 Å². The van der Waals surface area contributed by atoms with Crippen LogP contribution in [0.2, 0.25) is 10.0 Å². The number of carbonyl (C=O) groups is 1. The molecule has 0 saturated heterocycles. The van der Waals surface area contributed by atoms with Crippen LogP contribution >= 0.6 is 23.2 Å². The van der Waals surface area contributed by atoms with Crippen molar-refractivity contribution in [1.82, 2.24) is 0 Å². The van der Waals surface area contributed by atoms with Crippen LogP contribution in [0.5, 0.6) is 5.75 Å². The molecule has 1 aliphatic carbocycles. The summed E-state index contributed by atoms with van der Waals surface area (Å²) in [6.45, 7) is 0. The van der Waals surface area contributed by atoms with Gasteiger partial charge in [0.05, 0.1) is 16.1 Å². The van der Waals surface area contributed by atoms with Gasteiger partial charge < -0.3 is 4.74 Å². The van der Waals surface area contributed by atoms with E-state index in [0.29, 0.717) is 27.3 Å². The van der Waals surface area contributed by atoms with Gasteiger partial charge in [-0.2, -0.15) is 0 Å². The fraction of sp³-hybridized carbons (Fsp3) is 0.188. The molecule has 3 rings (SSSR count). The highest BCUT2D eigenvalue weighted by Gasteiger charge is 2.23. The highest BCUT2D eigenvalue weighted by atomic mass is 35.5. The number of hydrogen-bond acceptors (Lipinski definition) is 2. The zero-order chi connectivity index (χ0) is 14.1. The van der Waals surface area contributed by atoms with E-state index in [4.69, 9.17) is 27.9 Å². The summed E-state index contributed by atoms with van der Waals surface area (Å²) in [5.41, 5.74) is 1.13. The summed E-state index contributed by atoms with van der Waals surface area (Å²) < 4.78 is 5.65. The summed E-state index contributed by atoms with van der Waals surface area (Å²) in [6.07, 6.45) is 2.58. The van der Waals surface area contributed by atoms with Crippen LogP contribution in [0.1, 0.15) is 28.8 Å². The summed E-state index contributed by atoms with van der Waals surface area (Å²) in [7, 11) is 0. The van der Waals surface area contributed by atoms with E-state index >= 15 is 0 Å². The molecule has 0 N–H and O–H groups in total. The van der Waals surface area contributed by atoms with Crippen LogP contribution in [0.25, 0.3) is 0 Å². The van der Waals surface area contributed by atoms with Crippen molar-refractivity contribution < 1.29 is 9.53 Å². The second-order valence-electron chi connectivity index (χ2n) is 4.80. The summed E-state index contributed by atoms with van der Waals surface area (Å²) in [4.78, 5) is 12.3. The minimum atomic E-state index is -0.0819. The lowest BCUT2D eigenvalue weighted by molar-refractivity contribution is 0.103. The Morgan fingerprint density at radius 3 is 2.20 bits per heavy atom. The molecule has 1 fully saturated rings. The van der Waals surface area contributed by atoms with Crippen LogP contribution in [0.4, 0.5) is 0 Å². The monoisotopic (exact) mass is 306 g/mol. The number of carbonyl (C=O) groups excluding carboxylic acids is 1. The zero-order valence-electron chi connectivity index (χ0n) is 10.6. The first kappa shape index (κ1) is 13.5. The largest absolute Gasteiger partial charge is 0.490 e. The van der Waals surface area contributed by atoms with E-state index in [1.807, 2.05) is 12.1 Å². The molecule has 0 bridgehead atoms. The molecule has 0 atom stereocenters. The lowest BCUT2D eigenvalue weighted by Crippen LogP contribution is -2.02. The molecule has 1 aliphatic rings. The Kier molecular flexibility index (Phi) is 3.68. The number of rotatable bonds is 4. The molecule has 20 heavy (non-hydrogen) atoms. The first-order valence-electron chi connectivity index (χ1n) is 6.40. The van der Waals surface area contributed by atoms with Crippen molar-refractivity contribution in [3.8, 4) is 5.75 Å². The van der Waals surface area contributed by atoms with Gasteiger partial charge in [-0.1, -0.05) is 23.2 Å². The highest BCUT2D eigenvalue weighted by Crippen LogP contribution is 2.27. The highest BCUT2D eigenvalue weighted by molar-refractivity contribution is 6.42. The number of ketones is 1. The predicted octanol–water partition coefficient (Wildman–Crippen LogP) is 4.77. The van der Waals surface area contributed by atoms with Gasteiger partial charge >= 0.3 is 0 Å². The third-order valence-corrected chi connectivity index (χ3v) is 3.86. The first-order chi connectivity index (χ1) is 9.63. The summed E-state index contributed by atoms with van der Waals surface area (Å²) in [5.74, 6) is 0.722. The maximum absolute atomic E-state index is 12.3. The molecule has 2 aromatic rings. The van der Waals surface area contributed by atoms with Gasteiger partial charge in [0, 0.05) is 11.1 Å². The number of benzene rings is 2. The molecule has 0 amide bonds. The number of hydrogen-bond donors (Lipinski definition) is 0. The molecule has 1 saturated carbocycles. The Hall–Kier alpha value is -1.51. The minimum Gasteiger partial charge on any atom is -0.490 e. The van der Waals surface area contributed by atoms with E-state index < -0.39 is 0 Å². The molecule has 0 heterocycles. The van der Waals surface area contributed by atoms with Crippen molar-refractivity contribution in [3.63, 3.8) is 0 Å². The van der Waals surface area contributed by atoms with Gasteiger partial charge in [0.25, 0.3) is 0 Å². The SMILES string of the molecule is O=C(c1ccc(OC2CC2)cc1)c1ccc(Cl)c(Cl)c1. The van der Waals surface area contributed by atoms with Crippen molar-refractivity contribution in [1.29, 1.82) is 0 Å². The standard InChI is InChI=1S/C16H12Cl2O2/c17-14-8-3-11(9-15(14)18)16(19)10-1-4-12(5-2-10)20-13-6-7-13/h1-5,8-9,13H,6-7H2. The van der Waals surface area contributed by atoms with E-state index in [1.54, 1.807) is 30.3 Å².